The summed E-state index contributed by atoms with van der Waals surface area (Å²) in [4.78, 5) is 14.8. The fraction of sp³-hybridized carbons (Fsp3) is 0.409. The fourth-order valence-electron chi connectivity index (χ4n) is 3.64. The first-order chi connectivity index (χ1) is 14.4. The Morgan fingerprint density at radius 1 is 1.07 bits per heavy atom. The lowest BCUT2D eigenvalue weighted by Gasteiger charge is -2.27. The van der Waals surface area contributed by atoms with E-state index in [0.29, 0.717) is 5.69 Å². The van der Waals surface area contributed by atoms with Crippen molar-refractivity contribution in [2.75, 3.05) is 24.7 Å². The van der Waals surface area contributed by atoms with Gasteiger partial charge in [-0.1, -0.05) is 30.7 Å². The van der Waals surface area contributed by atoms with Crippen molar-refractivity contribution < 1.29 is 13.2 Å². The number of nitrogens with zero attached hydrogens (tertiary/aromatic N) is 1. The molecule has 3 rings (SSSR count). The number of rotatable bonds is 8. The number of carbonyl (C=O) groups excluding carboxylic acids is 1. The molecule has 1 aliphatic rings. The Kier molecular flexibility index (Phi) is 7.93. The quantitative estimate of drug-likeness (QED) is 0.602. The first-order valence-electron chi connectivity index (χ1n) is 10.1. The molecule has 6 nitrogen and oxygen atoms in total. The maximum absolute atomic E-state index is 12.9. The molecule has 1 heterocycles. The highest BCUT2D eigenvalue weighted by Crippen LogP contribution is 2.28. The summed E-state index contributed by atoms with van der Waals surface area (Å²) in [6.07, 6.45) is 5.61. The van der Waals surface area contributed by atoms with Gasteiger partial charge in [-0.25, -0.2) is 13.1 Å². The fourth-order valence-corrected chi connectivity index (χ4v) is 5.21. The van der Waals surface area contributed by atoms with Crippen LogP contribution in [-0.4, -0.2) is 38.6 Å². The van der Waals surface area contributed by atoms with Crippen LogP contribution in [0.4, 0.5) is 5.69 Å². The van der Waals surface area contributed by atoms with Crippen LogP contribution >= 0.6 is 11.8 Å². The van der Waals surface area contributed by atoms with Crippen molar-refractivity contribution >= 4 is 33.4 Å². The van der Waals surface area contributed by atoms with Crippen LogP contribution in [-0.2, 0) is 27.9 Å². The number of sulfonamides is 1. The van der Waals surface area contributed by atoms with Crippen LogP contribution in [0.3, 0.4) is 0 Å². The summed E-state index contributed by atoms with van der Waals surface area (Å²) in [5, 5.41) is 2.71. The van der Waals surface area contributed by atoms with Gasteiger partial charge in [-0.2, -0.15) is 0 Å². The number of anilines is 1. The largest absolute Gasteiger partial charge is 0.325 e. The molecule has 162 valence electrons. The molecule has 30 heavy (non-hydrogen) atoms. The van der Waals surface area contributed by atoms with E-state index < -0.39 is 10.0 Å². The molecule has 0 aromatic heterocycles. The van der Waals surface area contributed by atoms with E-state index in [4.69, 9.17) is 0 Å². The highest BCUT2D eigenvalue weighted by molar-refractivity contribution is 7.98. The van der Waals surface area contributed by atoms with Gasteiger partial charge in [-0.05, 0) is 61.5 Å². The molecule has 8 heteroatoms. The van der Waals surface area contributed by atoms with Gasteiger partial charge in [0.25, 0.3) is 0 Å². The molecule has 0 unspecified atom stereocenters. The molecule has 0 bridgehead atoms. The molecule has 1 amide bonds. The summed E-state index contributed by atoms with van der Waals surface area (Å²) in [6, 6.07) is 12.8. The third-order valence-electron chi connectivity index (χ3n) is 5.21. The van der Waals surface area contributed by atoms with Crippen molar-refractivity contribution in [3.8, 4) is 0 Å². The summed E-state index contributed by atoms with van der Waals surface area (Å²) in [6.45, 7) is 4.66. The monoisotopic (exact) mass is 447 g/mol. The van der Waals surface area contributed by atoms with Crippen molar-refractivity contribution in [2.24, 2.45) is 0 Å². The molecule has 2 N–H and O–H groups in total. The first-order valence-corrected chi connectivity index (χ1v) is 12.8. The zero-order chi connectivity index (χ0) is 21.6. The smallest absolute Gasteiger partial charge is 0.240 e. The maximum atomic E-state index is 12.9. The number of hydrogen-bond donors (Lipinski definition) is 2. The van der Waals surface area contributed by atoms with Crippen molar-refractivity contribution in [2.45, 2.75) is 49.1 Å². The van der Waals surface area contributed by atoms with E-state index in [1.165, 1.54) is 44.0 Å². The summed E-state index contributed by atoms with van der Waals surface area (Å²) < 4.78 is 28.5. The van der Waals surface area contributed by atoms with Crippen LogP contribution in [0.15, 0.2) is 52.3 Å². The number of likely N-dealkylation sites (tertiary alicyclic amines) is 1. The Balaban J connectivity index is 1.74. The minimum absolute atomic E-state index is 0.137. The minimum atomic E-state index is -3.72. The maximum Gasteiger partial charge on any atom is 0.240 e. The second kappa shape index (κ2) is 10.4. The Labute approximate surface area is 183 Å². The molecule has 0 saturated carbocycles. The number of thioether (sulfide) groups is 1. The lowest BCUT2D eigenvalue weighted by Crippen LogP contribution is -2.30. The Morgan fingerprint density at radius 3 is 2.43 bits per heavy atom. The number of piperidine rings is 1. The van der Waals surface area contributed by atoms with Gasteiger partial charge < -0.3 is 5.32 Å². The average Bonchev–Trinajstić information content (AvgIpc) is 2.73. The topological polar surface area (TPSA) is 78.5 Å². The Hall–Kier alpha value is -1.87. The molecule has 1 saturated heterocycles. The van der Waals surface area contributed by atoms with E-state index >= 15 is 0 Å². The van der Waals surface area contributed by atoms with Crippen LogP contribution in [0.25, 0.3) is 0 Å². The van der Waals surface area contributed by atoms with E-state index in [9.17, 15) is 13.2 Å². The van der Waals surface area contributed by atoms with Crippen LogP contribution in [0.5, 0.6) is 0 Å². The highest BCUT2D eigenvalue weighted by atomic mass is 32.2. The zero-order valence-electron chi connectivity index (χ0n) is 17.5. The van der Waals surface area contributed by atoms with Gasteiger partial charge in [0.2, 0.25) is 15.9 Å². The van der Waals surface area contributed by atoms with Crippen LogP contribution in [0.2, 0.25) is 0 Å². The van der Waals surface area contributed by atoms with Crippen molar-refractivity contribution in [3.63, 3.8) is 0 Å². The molecule has 2 aromatic carbocycles. The lowest BCUT2D eigenvalue weighted by molar-refractivity contribution is -0.114. The minimum Gasteiger partial charge on any atom is -0.325 e. The molecule has 0 spiro atoms. The van der Waals surface area contributed by atoms with Crippen molar-refractivity contribution in [3.05, 3.63) is 53.6 Å². The number of benzene rings is 2. The van der Waals surface area contributed by atoms with Crippen LogP contribution < -0.4 is 10.0 Å². The average molecular weight is 448 g/mol. The Morgan fingerprint density at radius 2 is 1.77 bits per heavy atom. The van der Waals surface area contributed by atoms with Gasteiger partial charge >= 0.3 is 0 Å². The SMILES string of the molecule is CSc1ccc(S(=O)(=O)NCc2ccccc2CN2CCCCC2)cc1NC(C)=O. The summed E-state index contributed by atoms with van der Waals surface area (Å²) >= 11 is 1.45. The predicted octanol–water partition coefficient (Wildman–Crippen LogP) is 3.83. The van der Waals surface area contributed by atoms with E-state index in [1.807, 2.05) is 24.5 Å². The molecule has 1 aliphatic heterocycles. The zero-order valence-corrected chi connectivity index (χ0v) is 19.1. The molecule has 1 fully saturated rings. The van der Waals surface area contributed by atoms with Crippen LogP contribution in [0, 0.1) is 0 Å². The lowest BCUT2D eigenvalue weighted by atomic mass is 10.1. The molecule has 0 radical (unpaired) electrons. The third-order valence-corrected chi connectivity index (χ3v) is 7.40. The normalized spacial score (nSPS) is 15.1. The van der Waals surface area contributed by atoms with E-state index in [2.05, 4.69) is 21.0 Å². The van der Waals surface area contributed by atoms with Gasteiger partial charge in [0, 0.05) is 24.9 Å². The third kappa shape index (κ3) is 6.07. The van der Waals surface area contributed by atoms with E-state index in [0.717, 1.165) is 35.7 Å². The Bertz CT molecular complexity index is 987. The number of nitrogens with one attached hydrogen (secondary N) is 2. The van der Waals surface area contributed by atoms with Gasteiger partial charge in [0.1, 0.15) is 0 Å². The standard InChI is InChI=1S/C22H29N3O3S2/c1-17(26)24-21-14-20(10-11-22(21)29-2)30(27,28)23-15-18-8-4-5-9-19(18)16-25-12-6-3-7-13-25/h4-5,8-11,14,23H,3,6-7,12-13,15-16H2,1-2H3,(H,24,26). The van der Waals surface area contributed by atoms with E-state index in [1.54, 1.807) is 12.1 Å². The molecule has 2 aromatic rings. The summed E-state index contributed by atoms with van der Waals surface area (Å²) in [5.74, 6) is -0.237. The van der Waals surface area contributed by atoms with Crippen molar-refractivity contribution in [1.29, 1.82) is 0 Å². The summed E-state index contributed by atoms with van der Waals surface area (Å²) in [5.41, 5.74) is 2.64. The van der Waals surface area contributed by atoms with Crippen LogP contribution in [0.1, 0.15) is 37.3 Å². The predicted molar refractivity (Wildman–Crippen MR) is 122 cm³/mol. The highest BCUT2D eigenvalue weighted by Gasteiger charge is 2.18. The van der Waals surface area contributed by atoms with Gasteiger partial charge in [-0.3, -0.25) is 9.69 Å². The second-order valence-electron chi connectivity index (χ2n) is 7.47. The van der Waals surface area contributed by atoms with Gasteiger partial charge in [0.15, 0.2) is 0 Å². The number of carbonyl (C=O) groups is 1. The second-order valence-corrected chi connectivity index (χ2v) is 10.1. The van der Waals surface area contributed by atoms with Crippen molar-refractivity contribution in [1.82, 2.24) is 9.62 Å². The number of amides is 1. The molecule has 0 atom stereocenters. The first kappa shape index (κ1) is 22.8. The molecular weight excluding hydrogens is 418 g/mol. The van der Waals surface area contributed by atoms with Gasteiger partial charge in [-0.15, -0.1) is 11.8 Å². The van der Waals surface area contributed by atoms with E-state index in [-0.39, 0.29) is 17.3 Å². The molecular formula is C22H29N3O3S2. The van der Waals surface area contributed by atoms with Gasteiger partial charge in [0.05, 0.1) is 10.6 Å². The number of hydrogen-bond acceptors (Lipinski definition) is 5. The molecule has 0 aliphatic carbocycles. The summed E-state index contributed by atoms with van der Waals surface area (Å²) in [7, 11) is -3.72.